The zero-order chi connectivity index (χ0) is 12.3. The molecule has 0 aromatic heterocycles. The highest BCUT2D eigenvalue weighted by Crippen LogP contribution is 2.48. The fourth-order valence-corrected chi connectivity index (χ4v) is 3.59. The second-order valence-corrected chi connectivity index (χ2v) is 5.49. The Hall–Kier alpha value is -0.610. The molecule has 0 bridgehead atoms. The van der Waals surface area contributed by atoms with Gasteiger partial charge in [0.25, 0.3) is 0 Å². The van der Waals surface area contributed by atoms with Crippen molar-refractivity contribution < 1.29 is 14.6 Å². The second-order valence-electron chi connectivity index (χ2n) is 5.49. The minimum absolute atomic E-state index is 0.185. The van der Waals surface area contributed by atoms with E-state index in [1.54, 1.807) is 0 Å². The monoisotopic (exact) mass is 241 g/mol. The third-order valence-electron chi connectivity index (χ3n) is 4.36. The average molecular weight is 241 g/mol. The van der Waals surface area contributed by atoms with Crippen LogP contribution in [0.1, 0.15) is 32.6 Å². The first kappa shape index (κ1) is 12.8. The number of nitrogens with zero attached hydrogens (tertiary/aromatic N) is 1. The van der Waals surface area contributed by atoms with Crippen LogP contribution in [-0.2, 0) is 9.53 Å². The molecule has 0 aromatic carbocycles. The van der Waals surface area contributed by atoms with Gasteiger partial charge in [0.2, 0.25) is 0 Å². The van der Waals surface area contributed by atoms with Gasteiger partial charge >= 0.3 is 5.97 Å². The van der Waals surface area contributed by atoms with E-state index in [9.17, 15) is 4.79 Å². The normalized spacial score (nSPS) is 27.9. The van der Waals surface area contributed by atoms with Crippen molar-refractivity contribution in [1.82, 2.24) is 4.90 Å². The molecule has 1 spiro atoms. The molecule has 1 N–H and O–H groups in total. The zero-order valence-corrected chi connectivity index (χ0v) is 10.7. The SMILES string of the molecule is CCOC[C@H]1CN(CC(=O)O)CC12CCCC2. The number of hydrogen-bond acceptors (Lipinski definition) is 3. The Morgan fingerprint density at radius 2 is 2.18 bits per heavy atom. The Balaban J connectivity index is 1.99. The van der Waals surface area contributed by atoms with Gasteiger partial charge in [-0.3, -0.25) is 9.69 Å². The van der Waals surface area contributed by atoms with Crippen LogP contribution in [0.15, 0.2) is 0 Å². The summed E-state index contributed by atoms with van der Waals surface area (Å²) in [6.45, 7) is 5.61. The first-order chi connectivity index (χ1) is 8.16. The molecule has 1 saturated heterocycles. The van der Waals surface area contributed by atoms with E-state index in [0.29, 0.717) is 11.3 Å². The molecule has 4 nitrogen and oxygen atoms in total. The van der Waals surface area contributed by atoms with Crippen molar-refractivity contribution in [2.24, 2.45) is 11.3 Å². The van der Waals surface area contributed by atoms with E-state index in [4.69, 9.17) is 9.84 Å². The molecule has 1 atom stereocenters. The maximum absolute atomic E-state index is 10.8. The van der Waals surface area contributed by atoms with Gasteiger partial charge in [-0.1, -0.05) is 12.8 Å². The Bertz CT molecular complexity index is 274. The van der Waals surface area contributed by atoms with Crippen LogP contribution in [0.4, 0.5) is 0 Å². The van der Waals surface area contributed by atoms with Crippen LogP contribution in [0.5, 0.6) is 0 Å². The molecule has 1 aliphatic carbocycles. The Labute approximate surface area is 103 Å². The maximum atomic E-state index is 10.8. The summed E-state index contributed by atoms with van der Waals surface area (Å²) in [6.07, 6.45) is 5.09. The molecule has 98 valence electrons. The van der Waals surface area contributed by atoms with Crippen molar-refractivity contribution >= 4 is 5.97 Å². The molecule has 1 aliphatic heterocycles. The third-order valence-corrected chi connectivity index (χ3v) is 4.36. The van der Waals surface area contributed by atoms with Gasteiger partial charge in [-0.2, -0.15) is 0 Å². The molecule has 17 heavy (non-hydrogen) atoms. The summed E-state index contributed by atoms with van der Waals surface area (Å²) >= 11 is 0. The van der Waals surface area contributed by atoms with Gasteiger partial charge in [-0.15, -0.1) is 0 Å². The molecule has 0 radical (unpaired) electrons. The van der Waals surface area contributed by atoms with Crippen molar-refractivity contribution in [3.63, 3.8) is 0 Å². The van der Waals surface area contributed by atoms with E-state index in [0.717, 1.165) is 26.3 Å². The Kier molecular flexibility index (Phi) is 4.05. The number of likely N-dealkylation sites (tertiary alicyclic amines) is 1. The van der Waals surface area contributed by atoms with Crippen molar-refractivity contribution in [1.29, 1.82) is 0 Å². The summed E-state index contributed by atoms with van der Waals surface area (Å²) in [7, 11) is 0. The van der Waals surface area contributed by atoms with Crippen LogP contribution in [-0.4, -0.2) is 48.8 Å². The number of carbonyl (C=O) groups is 1. The lowest BCUT2D eigenvalue weighted by atomic mass is 9.77. The number of hydrogen-bond donors (Lipinski definition) is 1. The topological polar surface area (TPSA) is 49.8 Å². The lowest BCUT2D eigenvalue weighted by Gasteiger charge is -2.29. The molecule has 4 heteroatoms. The largest absolute Gasteiger partial charge is 0.480 e. The van der Waals surface area contributed by atoms with E-state index in [1.165, 1.54) is 25.7 Å². The molecular weight excluding hydrogens is 218 g/mol. The highest BCUT2D eigenvalue weighted by molar-refractivity contribution is 5.69. The van der Waals surface area contributed by atoms with Gasteiger partial charge in [0.05, 0.1) is 13.2 Å². The highest BCUT2D eigenvalue weighted by Gasteiger charge is 2.47. The number of carboxylic acid groups (broad SMARTS) is 1. The van der Waals surface area contributed by atoms with Gasteiger partial charge in [0.15, 0.2) is 0 Å². The van der Waals surface area contributed by atoms with E-state index < -0.39 is 5.97 Å². The fourth-order valence-electron chi connectivity index (χ4n) is 3.59. The lowest BCUT2D eigenvalue weighted by molar-refractivity contribution is -0.138. The van der Waals surface area contributed by atoms with Crippen molar-refractivity contribution in [2.45, 2.75) is 32.6 Å². The van der Waals surface area contributed by atoms with Crippen LogP contribution >= 0.6 is 0 Å². The molecule has 2 rings (SSSR count). The van der Waals surface area contributed by atoms with Crippen LogP contribution in [0.2, 0.25) is 0 Å². The van der Waals surface area contributed by atoms with Crippen LogP contribution in [0.3, 0.4) is 0 Å². The van der Waals surface area contributed by atoms with Crippen LogP contribution in [0, 0.1) is 11.3 Å². The van der Waals surface area contributed by atoms with E-state index in [-0.39, 0.29) is 6.54 Å². The maximum Gasteiger partial charge on any atom is 0.317 e. The van der Waals surface area contributed by atoms with Crippen LogP contribution in [0.25, 0.3) is 0 Å². The summed E-state index contributed by atoms with van der Waals surface area (Å²) in [5, 5.41) is 8.89. The van der Waals surface area contributed by atoms with Gasteiger partial charge in [0.1, 0.15) is 0 Å². The number of ether oxygens (including phenoxy) is 1. The molecular formula is C13H23NO3. The van der Waals surface area contributed by atoms with Crippen molar-refractivity contribution in [2.75, 3.05) is 32.8 Å². The summed E-state index contributed by atoms with van der Waals surface area (Å²) in [6, 6.07) is 0. The average Bonchev–Trinajstić information content (AvgIpc) is 2.84. The van der Waals surface area contributed by atoms with Gasteiger partial charge in [-0.25, -0.2) is 0 Å². The van der Waals surface area contributed by atoms with E-state index in [2.05, 4.69) is 4.90 Å². The summed E-state index contributed by atoms with van der Waals surface area (Å²) < 4.78 is 5.58. The minimum atomic E-state index is -0.713. The first-order valence-corrected chi connectivity index (χ1v) is 6.68. The van der Waals surface area contributed by atoms with Crippen LogP contribution < -0.4 is 0 Å². The van der Waals surface area contributed by atoms with Crippen molar-refractivity contribution in [3.05, 3.63) is 0 Å². The fraction of sp³-hybridized carbons (Fsp3) is 0.923. The standard InChI is InChI=1S/C13H23NO3/c1-2-17-9-11-7-14(8-12(15)16)10-13(11)5-3-4-6-13/h11H,2-10H2,1H3,(H,15,16)/t11-/m1/s1. The third kappa shape index (κ3) is 2.80. The summed E-state index contributed by atoms with van der Waals surface area (Å²) in [5.41, 5.74) is 0.352. The zero-order valence-electron chi connectivity index (χ0n) is 10.7. The number of rotatable bonds is 5. The molecule has 0 unspecified atom stereocenters. The van der Waals surface area contributed by atoms with Gasteiger partial charge in [0, 0.05) is 25.6 Å². The second kappa shape index (κ2) is 5.36. The van der Waals surface area contributed by atoms with Gasteiger partial charge < -0.3 is 9.84 Å². The first-order valence-electron chi connectivity index (χ1n) is 6.68. The lowest BCUT2D eigenvalue weighted by Crippen LogP contribution is -2.31. The predicted molar refractivity (Wildman–Crippen MR) is 65.0 cm³/mol. The predicted octanol–water partition coefficient (Wildman–Crippen LogP) is 1.60. The van der Waals surface area contributed by atoms with Gasteiger partial charge in [-0.05, 0) is 25.2 Å². The molecule has 0 amide bonds. The molecule has 1 heterocycles. The number of carboxylic acids is 1. The highest BCUT2D eigenvalue weighted by atomic mass is 16.5. The Morgan fingerprint density at radius 1 is 1.47 bits per heavy atom. The minimum Gasteiger partial charge on any atom is -0.480 e. The molecule has 1 saturated carbocycles. The summed E-state index contributed by atoms with van der Waals surface area (Å²) in [4.78, 5) is 12.9. The van der Waals surface area contributed by atoms with Crippen molar-refractivity contribution in [3.8, 4) is 0 Å². The molecule has 2 fully saturated rings. The van der Waals surface area contributed by atoms with E-state index in [1.807, 2.05) is 6.92 Å². The van der Waals surface area contributed by atoms with E-state index >= 15 is 0 Å². The summed E-state index contributed by atoms with van der Waals surface area (Å²) in [5.74, 6) is -0.181. The number of aliphatic carboxylic acids is 1. The molecule has 0 aromatic rings. The smallest absolute Gasteiger partial charge is 0.317 e. The molecule has 2 aliphatic rings. The Morgan fingerprint density at radius 3 is 2.76 bits per heavy atom. The quantitative estimate of drug-likeness (QED) is 0.794.